The molecule has 18 heavy (non-hydrogen) atoms. The van der Waals surface area contributed by atoms with Gasteiger partial charge in [-0.1, -0.05) is 12.6 Å². The highest BCUT2D eigenvalue weighted by Gasteiger charge is 2.13. The Labute approximate surface area is 103 Å². The number of hydrogen-bond donors (Lipinski definition) is 1. The first-order valence-corrected chi connectivity index (χ1v) is 5.15. The summed E-state index contributed by atoms with van der Waals surface area (Å²) in [6.45, 7) is 3.82. The number of methoxy groups -OCH3 is 2. The molecule has 0 aliphatic carbocycles. The van der Waals surface area contributed by atoms with E-state index in [4.69, 9.17) is 9.47 Å². The van der Waals surface area contributed by atoms with Gasteiger partial charge in [0.1, 0.15) is 11.6 Å². The minimum absolute atomic E-state index is 0.129. The van der Waals surface area contributed by atoms with Crippen molar-refractivity contribution in [3.63, 3.8) is 0 Å². The highest BCUT2D eigenvalue weighted by molar-refractivity contribution is 5.97. The quantitative estimate of drug-likeness (QED) is 0.699. The maximum Gasteiger partial charge on any atom is 0.322 e. The molecular weight excluding hydrogens is 237 g/mol. The molecule has 0 amide bonds. The first-order chi connectivity index (χ1) is 8.63. The topological polar surface area (TPSA) is 55.2 Å². The zero-order valence-corrected chi connectivity index (χ0v) is 10.0. The van der Waals surface area contributed by atoms with E-state index in [1.165, 1.54) is 26.4 Å². The van der Waals surface area contributed by atoms with Crippen LogP contribution in [0, 0.1) is 5.82 Å². The van der Waals surface area contributed by atoms with Crippen LogP contribution in [0.1, 0.15) is 0 Å². The third kappa shape index (κ3) is 2.32. The second-order valence-corrected chi connectivity index (χ2v) is 3.49. The Morgan fingerprint density at radius 1 is 1.22 bits per heavy atom. The monoisotopic (exact) mass is 249 g/mol. The highest BCUT2D eigenvalue weighted by Crippen LogP contribution is 2.01. The molecule has 1 aromatic carbocycles. The molecule has 0 bridgehead atoms. The summed E-state index contributed by atoms with van der Waals surface area (Å²) in [6.07, 6.45) is 0. The van der Waals surface area contributed by atoms with Crippen molar-refractivity contribution in [2.45, 2.75) is 0 Å². The minimum Gasteiger partial charge on any atom is -0.468 e. The van der Waals surface area contributed by atoms with Gasteiger partial charge in [0.15, 0.2) is 0 Å². The summed E-state index contributed by atoms with van der Waals surface area (Å²) < 4.78 is 23.2. The van der Waals surface area contributed by atoms with Crippen LogP contribution < -0.4 is 15.8 Å². The maximum atomic E-state index is 13.3. The van der Waals surface area contributed by atoms with Crippen LogP contribution in [-0.2, 0) is 9.47 Å². The number of ether oxygens (including phenoxy) is 2. The summed E-state index contributed by atoms with van der Waals surface area (Å²) in [5, 5.41) is 3.98. The molecular formula is C12H12FN3O2. The molecule has 5 nitrogen and oxygen atoms in total. The predicted octanol–water partition coefficient (Wildman–Crippen LogP) is -0.0903. The number of aliphatic imine (C=N–C) groups is 2. The van der Waals surface area contributed by atoms with E-state index in [-0.39, 0.29) is 17.9 Å². The van der Waals surface area contributed by atoms with Crippen LogP contribution in [-0.4, -0.2) is 26.3 Å². The normalized spacial score (nSPS) is 17.5. The lowest BCUT2D eigenvalue weighted by Crippen LogP contribution is -2.37. The number of rotatable bonds is 0. The van der Waals surface area contributed by atoms with E-state index in [1.54, 1.807) is 6.07 Å². The molecule has 1 heterocycles. The fraction of sp³-hybridized carbons (Fsp3) is 0.167. The zero-order chi connectivity index (χ0) is 13.1. The van der Waals surface area contributed by atoms with Crippen LogP contribution in [0.15, 0.2) is 28.2 Å². The Balaban J connectivity index is 2.64. The summed E-state index contributed by atoms with van der Waals surface area (Å²) in [4.78, 5) is 8.02. The maximum absolute atomic E-state index is 13.3. The lowest BCUT2D eigenvalue weighted by Gasteiger charge is -2.14. The van der Waals surface area contributed by atoms with Crippen LogP contribution in [0.3, 0.4) is 0 Å². The molecule has 0 saturated carbocycles. The van der Waals surface area contributed by atoms with Gasteiger partial charge < -0.3 is 9.47 Å². The van der Waals surface area contributed by atoms with Crippen molar-refractivity contribution < 1.29 is 13.9 Å². The number of hydrogen-bond acceptors (Lipinski definition) is 5. The van der Waals surface area contributed by atoms with Gasteiger partial charge in [0.2, 0.25) is 0 Å². The van der Waals surface area contributed by atoms with Gasteiger partial charge >= 0.3 is 6.02 Å². The van der Waals surface area contributed by atoms with Gasteiger partial charge in [0, 0.05) is 5.22 Å². The summed E-state index contributed by atoms with van der Waals surface area (Å²) >= 11 is 0. The number of nitrogens with one attached hydrogen (secondary N) is 1. The molecule has 94 valence electrons. The smallest absolute Gasteiger partial charge is 0.322 e. The molecule has 1 aliphatic rings. The van der Waals surface area contributed by atoms with Crippen LogP contribution in [0.4, 0.5) is 4.39 Å². The molecule has 1 aliphatic heterocycles. The van der Waals surface area contributed by atoms with E-state index in [1.807, 2.05) is 0 Å². The molecule has 0 spiro atoms. The van der Waals surface area contributed by atoms with Crippen LogP contribution in [0.25, 0.3) is 12.4 Å². The molecule has 0 saturated heterocycles. The van der Waals surface area contributed by atoms with E-state index < -0.39 is 0 Å². The first-order valence-electron chi connectivity index (χ1n) is 5.15. The first kappa shape index (κ1) is 12.1. The molecule has 6 heteroatoms. The highest BCUT2D eigenvalue weighted by atomic mass is 19.1. The largest absolute Gasteiger partial charge is 0.468 e. The molecule has 0 atom stereocenters. The third-order valence-electron chi connectivity index (χ3n) is 2.33. The molecule has 0 fully saturated rings. The Bertz CT molecular complexity index is 637. The molecule has 2 rings (SSSR count). The molecule has 0 radical (unpaired) electrons. The second-order valence-electron chi connectivity index (χ2n) is 3.49. The van der Waals surface area contributed by atoms with Crippen molar-refractivity contribution in [2.75, 3.05) is 14.2 Å². The Morgan fingerprint density at radius 2 is 2.00 bits per heavy atom. The van der Waals surface area contributed by atoms with Crippen molar-refractivity contribution in [2.24, 2.45) is 9.98 Å². The Kier molecular flexibility index (Phi) is 3.27. The fourth-order valence-corrected chi connectivity index (χ4v) is 1.45. The van der Waals surface area contributed by atoms with Crippen LogP contribution in [0.5, 0.6) is 0 Å². The van der Waals surface area contributed by atoms with Crippen LogP contribution >= 0.6 is 0 Å². The molecule has 0 unspecified atom stereocenters. The van der Waals surface area contributed by atoms with E-state index in [0.29, 0.717) is 16.3 Å². The van der Waals surface area contributed by atoms with Gasteiger partial charge in [-0.15, -0.1) is 4.99 Å². The lowest BCUT2D eigenvalue weighted by molar-refractivity contribution is 0.370. The van der Waals surface area contributed by atoms with Crippen molar-refractivity contribution in [1.29, 1.82) is 0 Å². The Hall–Kier alpha value is -2.37. The SMILES string of the molecule is C=c1ccc(F)cc1=C1N=C(OC)N=C(OC)N1. The predicted molar refractivity (Wildman–Crippen MR) is 66.6 cm³/mol. The van der Waals surface area contributed by atoms with Crippen molar-refractivity contribution in [3.05, 3.63) is 34.5 Å². The van der Waals surface area contributed by atoms with Crippen molar-refractivity contribution in [1.82, 2.24) is 5.32 Å². The third-order valence-corrected chi connectivity index (χ3v) is 2.33. The van der Waals surface area contributed by atoms with Crippen molar-refractivity contribution in [3.8, 4) is 0 Å². The van der Waals surface area contributed by atoms with Gasteiger partial charge in [0.05, 0.1) is 14.2 Å². The van der Waals surface area contributed by atoms with Gasteiger partial charge in [-0.25, -0.2) is 4.39 Å². The summed E-state index contributed by atoms with van der Waals surface area (Å²) in [6, 6.07) is 4.59. The fourth-order valence-electron chi connectivity index (χ4n) is 1.45. The summed E-state index contributed by atoms with van der Waals surface area (Å²) in [7, 11) is 2.90. The minimum atomic E-state index is -0.373. The lowest BCUT2D eigenvalue weighted by atomic mass is 10.2. The second kappa shape index (κ2) is 4.87. The van der Waals surface area contributed by atoms with Gasteiger partial charge in [-0.3, -0.25) is 5.32 Å². The number of halogens is 1. The number of nitrogens with zero attached hydrogens (tertiary/aromatic N) is 2. The van der Waals surface area contributed by atoms with Crippen molar-refractivity contribution >= 4 is 24.4 Å². The molecule has 1 N–H and O–H groups in total. The Morgan fingerprint density at radius 3 is 2.67 bits per heavy atom. The van der Waals surface area contributed by atoms with Gasteiger partial charge in [-0.05, 0) is 17.4 Å². The van der Waals surface area contributed by atoms with Gasteiger partial charge in [-0.2, -0.15) is 4.99 Å². The summed E-state index contributed by atoms with van der Waals surface area (Å²) in [5.74, 6) is 0.00514. The average molecular weight is 249 g/mol. The number of amidine groups is 2. The standard InChI is InChI=1S/C12H12FN3O2/c1-7-4-5-8(13)6-9(7)10-14-11(17-2)16-12(15-10)18-3/h4-6H,1H2,2-3H3,(H,14,15,16). The summed E-state index contributed by atoms with van der Waals surface area (Å²) in [5.41, 5.74) is 0. The van der Waals surface area contributed by atoms with E-state index in [9.17, 15) is 4.39 Å². The average Bonchev–Trinajstić information content (AvgIpc) is 2.40. The van der Waals surface area contributed by atoms with Gasteiger partial charge in [0.25, 0.3) is 6.02 Å². The number of benzene rings is 1. The molecule has 1 aromatic rings. The zero-order valence-electron chi connectivity index (χ0n) is 10.0. The van der Waals surface area contributed by atoms with Crippen LogP contribution in [0.2, 0.25) is 0 Å². The molecule has 0 aromatic heterocycles. The van der Waals surface area contributed by atoms with E-state index in [0.717, 1.165) is 0 Å². The van der Waals surface area contributed by atoms with E-state index >= 15 is 0 Å². The van der Waals surface area contributed by atoms with E-state index in [2.05, 4.69) is 21.9 Å².